The van der Waals surface area contributed by atoms with E-state index < -0.39 is 0 Å². The molecule has 152 valence electrons. The first-order chi connectivity index (χ1) is 15.2. The molecule has 0 fully saturated rings. The van der Waals surface area contributed by atoms with E-state index in [0.29, 0.717) is 28.6 Å². The van der Waals surface area contributed by atoms with Crippen LogP contribution in [0.3, 0.4) is 0 Å². The van der Waals surface area contributed by atoms with E-state index in [9.17, 15) is 0 Å². The zero-order valence-corrected chi connectivity index (χ0v) is 17.6. The molecule has 8 heteroatoms. The van der Waals surface area contributed by atoms with Crippen molar-refractivity contribution in [3.05, 3.63) is 94.9 Å². The third-order valence-corrected chi connectivity index (χ3v) is 5.32. The van der Waals surface area contributed by atoms with Gasteiger partial charge in [-0.3, -0.25) is 9.88 Å². The van der Waals surface area contributed by atoms with Crippen molar-refractivity contribution in [2.75, 3.05) is 4.90 Å². The maximum atomic E-state index is 6.52. The molecule has 0 N–H and O–H groups in total. The number of hydrogen-bond donors (Lipinski definition) is 0. The third-order valence-electron chi connectivity index (χ3n) is 4.75. The predicted octanol–water partition coefficient (Wildman–Crippen LogP) is 6.32. The fourth-order valence-corrected chi connectivity index (χ4v) is 3.64. The number of anilines is 2. The third kappa shape index (κ3) is 4.08. The van der Waals surface area contributed by atoms with E-state index in [0.717, 1.165) is 27.7 Å². The fraction of sp³-hybridized carbons (Fsp3) is 0.0435. The second-order valence-corrected chi connectivity index (χ2v) is 7.62. The number of hydrogen-bond acceptors (Lipinski definition) is 6. The zero-order chi connectivity index (χ0) is 21.2. The van der Waals surface area contributed by atoms with Crippen molar-refractivity contribution < 1.29 is 4.42 Å². The van der Waals surface area contributed by atoms with Gasteiger partial charge in [-0.25, -0.2) is 4.98 Å². The zero-order valence-electron chi connectivity index (χ0n) is 16.1. The van der Waals surface area contributed by atoms with E-state index in [-0.39, 0.29) is 0 Å². The average molecular weight is 448 g/mol. The van der Waals surface area contributed by atoms with Crippen LogP contribution in [0.1, 0.15) is 5.56 Å². The van der Waals surface area contributed by atoms with Gasteiger partial charge >= 0.3 is 6.01 Å². The molecule has 0 bridgehead atoms. The van der Waals surface area contributed by atoms with Gasteiger partial charge in [-0.05, 0) is 48.5 Å². The summed E-state index contributed by atoms with van der Waals surface area (Å²) in [7, 11) is 0. The van der Waals surface area contributed by atoms with Gasteiger partial charge in [0.1, 0.15) is 5.15 Å². The molecule has 31 heavy (non-hydrogen) atoms. The molecule has 2 aromatic carbocycles. The normalized spacial score (nSPS) is 11.0. The van der Waals surface area contributed by atoms with E-state index in [4.69, 9.17) is 27.6 Å². The molecule has 0 aliphatic rings. The van der Waals surface area contributed by atoms with Crippen LogP contribution in [0.15, 0.2) is 83.5 Å². The molecular weight excluding hydrogens is 433 g/mol. The Labute approximate surface area is 188 Å². The van der Waals surface area contributed by atoms with E-state index in [2.05, 4.69) is 20.2 Å². The Balaban J connectivity index is 1.56. The quantitative estimate of drug-likeness (QED) is 0.293. The maximum absolute atomic E-state index is 6.52. The highest BCUT2D eigenvalue weighted by molar-refractivity contribution is 6.32. The molecule has 3 heterocycles. The van der Waals surface area contributed by atoms with Gasteiger partial charge in [0.2, 0.25) is 0 Å². The van der Waals surface area contributed by atoms with Crippen molar-refractivity contribution in [1.29, 1.82) is 0 Å². The largest absolute Gasteiger partial charge is 0.403 e. The predicted molar refractivity (Wildman–Crippen MR) is 122 cm³/mol. The number of halogens is 2. The van der Waals surface area contributed by atoms with E-state index >= 15 is 0 Å². The molecule has 0 atom stereocenters. The Morgan fingerprint density at radius 2 is 1.77 bits per heavy atom. The molecular formula is C23H15Cl2N5O. The minimum atomic E-state index is 0.340. The second kappa shape index (κ2) is 8.34. The molecule has 6 nitrogen and oxygen atoms in total. The first kappa shape index (κ1) is 19.5. The van der Waals surface area contributed by atoms with Crippen LogP contribution in [0.4, 0.5) is 11.7 Å². The molecule has 0 amide bonds. The van der Waals surface area contributed by atoms with Gasteiger partial charge in [0, 0.05) is 34.1 Å². The number of para-hydroxylation sites is 1. The lowest BCUT2D eigenvalue weighted by Crippen LogP contribution is -2.17. The lowest BCUT2D eigenvalue weighted by atomic mass is 10.1. The Morgan fingerprint density at radius 1 is 0.903 bits per heavy atom. The number of pyridine rings is 2. The average Bonchev–Trinajstić information content (AvgIpc) is 3.29. The monoisotopic (exact) mass is 447 g/mol. The molecule has 0 radical (unpaired) electrons. The number of fused-ring (bicyclic) bond motifs is 1. The highest BCUT2D eigenvalue weighted by atomic mass is 35.5. The number of aromatic nitrogens is 4. The van der Waals surface area contributed by atoms with Gasteiger partial charge in [0.15, 0.2) is 0 Å². The summed E-state index contributed by atoms with van der Waals surface area (Å²) in [6.07, 6.45) is 3.37. The van der Waals surface area contributed by atoms with Gasteiger partial charge in [0.25, 0.3) is 5.89 Å². The highest BCUT2D eigenvalue weighted by Gasteiger charge is 2.20. The number of nitrogens with zero attached hydrogens (tertiary/aromatic N) is 5. The van der Waals surface area contributed by atoms with Crippen molar-refractivity contribution in [2.24, 2.45) is 0 Å². The molecule has 0 aliphatic carbocycles. The number of rotatable bonds is 5. The van der Waals surface area contributed by atoms with Gasteiger partial charge in [0.05, 0.1) is 17.6 Å². The molecule has 0 aliphatic heterocycles. The van der Waals surface area contributed by atoms with Crippen LogP contribution in [0.25, 0.3) is 22.4 Å². The Bertz CT molecular complexity index is 1340. The summed E-state index contributed by atoms with van der Waals surface area (Å²) in [5, 5.41) is 10.4. The van der Waals surface area contributed by atoms with Crippen molar-refractivity contribution in [3.8, 4) is 11.5 Å². The lowest BCUT2D eigenvalue weighted by molar-refractivity contribution is 0.561. The second-order valence-electron chi connectivity index (χ2n) is 6.83. The van der Waals surface area contributed by atoms with Crippen LogP contribution in [-0.4, -0.2) is 20.2 Å². The Kier molecular flexibility index (Phi) is 5.24. The molecule has 0 saturated heterocycles. The summed E-state index contributed by atoms with van der Waals surface area (Å²) < 4.78 is 5.98. The van der Waals surface area contributed by atoms with Crippen LogP contribution < -0.4 is 4.90 Å². The smallest absolute Gasteiger partial charge is 0.323 e. The fourth-order valence-electron chi connectivity index (χ4n) is 3.26. The maximum Gasteiger partial charge on any atom is 0.323 e. The lowest BCUT2D eigenvalue weighted by Gasteiger charge is -2.21. The van der Waals surface area contributed by atoms with Crippen molar-refractivity contribution in [1.82, 2.24) is 20.2 Å². The first-order valence-corrected chi connectivity index (χ1v) is 10.2. The van der Waals surface area contributed by atoms with Crippen LogP contribution in [0.2, 0.25) is 10.2 Å². The topological polar surface area (TPSA) is 67.9 Å². The molecule has 0 saturated carbocycles. The van der Waals surface area contributed by atoms with Crippen molar-refractivity contribution in [3.63, 3.8) is 0 Å². The van der Waals surface area contributed by atoms with Crippen LogP contribution in [0, 0.1) is 0 Å². The minimum absolute atomic E-state index is 0.340. The summed E-state index contributed by atoms with van der Waals surface area (Å²) in [5.41, 5.74) is 3.21. The van der Waals surface area contributed by atoms with E-state index in [1.165, 1.54) is 0 Å². The van der Waals surface area contributed by atoms with Gasteiger partial charge < -0.3 is 4.42 Å². The highest BCUT2D eigenvalue weighted by Crippen LogP contribution is 2.31. The Morgan fingerprint density at radius 3 is 2.58 bits per heavy atom. The molecule has 5 aromatic rings. The minimum Gasteiger partial charge on any atom is -0.403 e. The van der Waals surface area contributed by atoms with Crippen LogP contribution in [-0.2, 0) is 6.54 Å². The molecule has 3 aromatic heterocycles. The van der Waals surface area contributed by atoms with Crippen molar-refractivity contribution >= 4 is 45.8 Å². The number of benzene rings is 2. The first-order valence-electron chi connectivity index (χ1n) is 9.48. The summed E-state index contributed by atoms with van der Waals surface area (Å²) in [4.78, 5) is 10.5. The van der Waals surface area contributed by atoms with Crippen LogP contribution in [0.5, 0.6) is 0 Å². The van der Waals surface area contributed by atoms with Crippen LogP contribution >= 0.6 is 23.2 Å². The van der Waals surface area contributed by atoms with Gasteiger partial charge in [-0.15, -0.1) is 5.10 Å². The van der Waals surface area contributed by atoms with E-state index in [1.807, 2.05) is 65.6 Å². The van der Waals surface area contributed by atoms with E-state index in [1.54, 1.807) is 18.5 Å². The summed E-state index contributed by atoms with van der Waals surface area (Å²) in [5.74, 6) is 0.388. The summed E-state index contributed by atoms with van der Waals surface area (Å²) in [6, 6.07) is 21.3. The molecule has 0 spiro atoms. The SMILES string of the molecule is Clc1ccc2nc(Cl)c(CN(c3ccccc3)c3nnc(-c4cccnc4)o3)cc2c1. The van der Waals surface area contributed by atoms with Gasteiger partial charge in [-0.1, -0.05) is 46.5 Å². The van der Waals surface area contributed by atoms with Crippen molar-refractivity contribution in [2.45, 2.75) is 6.54 Å². The molecule has 5 rings (SSSR count). The summed E-state index contributed by atoms with van der Waals surface area (Å²) in [6.45, 7) is 0.382. The van der Waals surface area contributed by atoms with Gasteiger partial charge in [-0.2, -0.15) is 0 Å². The molecule has 0 unspecified atom stereocenters. The standard InChI is InChI=1S/C23H15Cl2N5O/c24-18-8-9-20-16(12-18)11-17(21(25)27-20)14-30(19-6-2-1-3-7-19)23-29-28-22(31-23)15-5-4-10-26-13-15/h1-13H,14H2. The summed E-state index contributed by atoms with van der Waals surface area (Å²) >= 11 is 12.7. The Hall–Kier alpha value is -3.48.